The summed E-state index contributed by atoms with van der Waals surface area (Å²) in [5.41, 5.74) is 5.98. The quantitative estimate of drug-likeness (QED) is 0.212. The fourth-order valence-corrected chi connectivity index (χ4v) is 6.43. The van der Waals surface area contributed by atoms with E-state index >= 15 is 0 Å². The van der Waals surface area contributed by atoms with E-state index < -0.39 is 70.5 Å². The summed E-state index contributed by atoms with van der Waals surface area (Å²) in [6.07, 6.45) is 4.15. The topological polar surface area (TPSA) is 171 Å². The van der Waals surface area contributed by atoms with Crippen molar-refractivity contribution in [1.29, 1.82) is 0 Å². The van der Waals surface area contributed by atoms with Crippen LogP contribution in [0.4, 0.5) is 4.79 Å². The third-order valence-corrected chi connectivity index (χ3v) is 9.37. The molecule has 47 heavy (non-hydrogen) atoms. The maximum atomic E-state index is 14.2. The van der Waals surface area contributed by atoms with Gasteiger partial charge in [-0.15, -0.1) is 6.58 Å². The molecule has 1 aromatic rings. The molecule has 2 aliphatic heterocycles. The van der Waals surface area contributed by atoms with Crippen molar-refractivity contribution in [2.24, 2.45) is 28.4 Å². The predicted molar refractivity (Wildman–Crippen MR) is 176 cm³/mol. The Bertz CT molecular complexity index is 1400. The number of nitrogens with zero attached hydrogens (tertiary/aromatic N) is 2. The highest BCUT2D eigenvalue weighted by atomic mass is 16.2. The van der Waals surface area contributed by atoms with Gasteiger partial charge in [-0.3, -0.25) is 24.0 Å². The number of amides is 6. The third kappa shape index (κ3) is 8.39. The summed E-state index contributed by atoms with van der Waals surface area (Å²) in [6.45, 7) is 16.0. The summed E-state index contributed by atoms with van der Waals surface area (Å²) >= 11 is 0. The van der Waals surface area contributed by atoms with Gasteiger partial charge in [0.15, 0.2) is 0 Å². The molecule has 0 radical (unpaired) electrons. The Morgan fingerprint density at radius 1 is 0.872 bits per heavy atom. The molecule has 12 nitrogen and oxygen atoms in total. The van der Waals surface area contributed by atoms with Crippen molar-refractivity contribution < 1.29 is 28.8 Å². The zero-order valence-electron chi connectivity index (χ0n) is 28.4. The molecule has 3 aliphatic rings. The van der Waals surface area contributed by atoms with Crippen LogP contribution in [0.2, 0.25) is 0 Å². The van der Waals surface area contributed by atoms with E-state index in [4.69, 9.17) is 5.73 Å². The number of fused-ring (bicyclic) bond motifs is 1. The van der Waals surface area contributed by atoms with Gasteiger partial charge in [0.1, 0.15) is 18.1 Å². The summed E-state index contributed by atoms with van der Waals surface area (Å²) in [5, 5.41) is 8.36. The number of Topliss-reactive ketones (excluding diaryl/α,β-unsaturated/α-hetero) is 1. The Balaban J connectivity index is 1.50. The van der Waals surface area contributed by atoms with Crippen molar-refractivity contribution in [3.05, 3.63) is 48.0 Å². The maximum absolute atomic E-state index is 14.2. The summed E-state index contributed by atoms with van der Waals surface area (Å²) in [7, 11) is 0. The van der Waals surface area contributed by atoms with E-state index in [2.05, 4.69) is 22.5 Å². The molecular weight excluding hydrogens is 600 g/mol. The Morgan fingerprint density at radius 2 is 1.40 bits per heavy atom. The Hall–Kier alpha value is -4.22. The lowest BCUT2D eigenvalue weighted by Crippen LogP contribution is -2.62. The third-order valence-electron chi connectivity index (χ3n) is 9.37. The second-order valence-corrected chi connectivity index (χ2v) is 15.3. The van der Waals surface area contributed by atoms with Crippen molar-refractivity contribution in [3.63, 3.8) is 0 Å². The molecule has 1 saturated heterocycles. The Morgan fingerprint density at radius 3 is 1.87 bits per heavy atom. The number of primary amides is 1. The maximum Gasteiger partial charge on any atom is 0.316 e. The molecule has 1 aromatic carbocycles. The van der Waals surface area contributed by atoms with Gasteiger partial charge in [-0.2, -0.15) is 0 Å². The minimum absolute atomic E-state index is 0.220. The van der Waals surface area contributed by atoms with E-state index in [-0.39, 0.29) is 18.4 Å². The van der Waals surface area contributed by atoms with Crippen LogP contribution in [0.25, 0.3) is 0 Å². The van der Waals surface area contributed by atoms with Gasteiger partial charge in [-0.1, -0.05) is 84.7 Å². The lowest BCUT2D eigenvalue weighted by Gasteiger charge is -2.37. The number of benzene rings is 1. The molecule has 0 bridgehead atoms. The first kappa shape index (κ1) is 35.6. The van der Waals surface area contributed by atoms with E-state index in [1.54, 1.807) is 31.7 Å². The zero-order chi connectivity index (χ0) is 34.8. The molecule has 4 rings (SSSR count). The van der Waals surface area contributed by atoms with E-state index in [0.29, 0.717) is 25.9 Å². The molecule has 2 heterocycles. The van der Waals surface area contributed by atoms with Crippen molar-refractivity contribution in [1.82, 2.24) is 25.8 Å². The van der Waals surface area contributed by atoms with Gasteiger partial charge in [-0.25, -0.2) is 4.79 Å². The van der Waals surface area contributed by atoms with Crippen LogP contribution in [0.1, 0.15) is 78.4 Å². The van der Waals surface area contributed by atoms with E-state index in [1.165, 1.54) is 4.90 Å². The normalized spacial score (nSPS) is 21.2. The number of rotatable bonds is 11. The predicted octanol–water partition coefficient (Wildman–Crippen LogP) is 2.40. The smallest absolute Gasteiger partial charge is 0.316 e. The van der Waals surface area contributed by atoms with Gasteiger partial charge < -0.3 is 31.5 Å². The molecule has 5 atom stereocenters. The van der Waals surface area contributed by atoms with Gasteiger partial charge in [-0.05, 0) is 40.7 Å². The number of ketones is 1. The highest BCUT2D eigenvalue weighted by Gasteiger charge is 2.47. The van der Waals surface area contributed by atoms with Crippen LogP contribution in [-0.4, -0.2) is 76.0 Å². The highest BCUT2D eigenvalue weighted by molar-refractivity contribution is 6.37. The lowest BCUT2D eigenvalue weighted by atomic mass is 9.85. The molecule has 12 heteroatoms. The number of hydrogen-bond acceptors (Lipinski definition) is 6. The molecule has 0 spiro atoms. The van der Waals surface area contributed by atoms with Crippen LogP contribution >= 0.6 is 0 Å². The number of urea groups is 1. The average Bonchev–Trinajstić information content (AvgIpc) is 3.53. The van der Waals surface area contributed by atoms with Crippen LogP contribution in [0.3, 0.4) is 0 Å². The molecular formula is C35H50N6O6. The fraction of sp³-hybridized carbons (Fsp3) is 0.600. The number of hydrogen-bond donors (Lipinski definition) is 4. The summed E-state index contributed by atoms with van der Waals surface area (Å²) in [6, 6.07) is 3.13. The molecule has 6 amide bonds. The first-order chi connectivity index (χ1) is 21.9. The molecule has 256 valence electrons. The van der Waals surface area contributed by atoms with Crippen LogP contribution in [0.5, 0.6) is 0 Å². The molecule has 1 saturated carbocycles. The van der Waals surface area contributed by atoms with Crippen LogP contribution in [-0.2, 0) is 37.1 Å². The molecule has 1 aliphatic carbocycles. The first-order valence-electron chi connectivity index (χ1n) is 16.4. The van der Waals surface area contributed by atoms with E-state index in [9.17, 15) is 28.8 Å². The number of nitrogens with two attached hydrogens (primary N) is 1. The van der Waals surface area contributed by atoms with Crippen LogP contribution < -0.4 is 21.7 Å². The van der Waals surface area contributed by atoms with Gasteiger partial charge in [0, 0.05) is 25.6 Å². The number of likely N-dealkylation sites (tertiary alicyclic amines) is 1. The number of carbonyl (C=O) groups is 6. The number of nitrogens with one attached hydrogen (secondary N) is 3. The van der Waals surface area contributed by atoms with Gasteiger partial charge in [0.2, 0.25) is 23.5 Å². The second kappa shape index (κ2) is 13.9. The number of carbonyl (C=O) groups excluding carboxylic acids is 6. The van der Waals surface area contributed by atoms with Crippen molar-refractivity contribution >= 4 is 35.4 Å². The van der Waals surface area contributed by atoms with Gasteiger partial charge >= 0.3 is 6.03 Å². The van der Waals surface area contributed by atoms with Crippen LogP contribution in [0.15, 0.2) is 36.9 Å². The summed E-state index contributed by atoms with van der Waals surface area (Å²) < 4.78 is 0. The van der Waals surface area contributed by atoms with E-state index in [1.807, 2.05) is 45.0 Å². The Labute approximate surface area is 277 Å². The SMILES string of the molecule is C=C[C@H]1CCN(C(=O)[C@@H](NC(=O)N[C@H](C(=O)N2Cc3ccccc3C2)C(C)(C)C)C(C)(C)C)[C@@H]1C(=O)NC(CC1CC1)C(=O)C(N)=O. The fourth-order valence-electron chi connectivity index (χ4n) is 6.43. The van der Waals surface area contributed by atoms with Crippen LogP contribution in [0, 0.1) is 22.7 Å². The van der Waals surface area contributed by atoms with Gasteiger partial charge in [0.25, 0.3) is 5.91 Å². The summed E-state index contributed by atoms with van der Waals surface area (Å²) in [4.78, 5) is 82.7. The molecule has 2 fully saturated rings. The zero-order valence-corrected chi connectivity index (χ0v) is 28.4. The molecule has 0 aromatic heterocycles. The minimum Gasteiger partial charge on any atom is -0.363 e. The minimum atomic E-state index is -1.13. The monoisotopic (exact) mass is 650 g/mol. The largest absolute Gasteiger partial charge is 0.363 e. The van der Waals surface area contributed by atoms with Crippen molar-refractivity contribution in [2.45, 2.75) is 104 Å². The van der Waals surface area contributed by atoms with Crippen molar-refractivity contribution in [3.8, 4) is 0 Å². The first-order valence-corrected chi connectivity index (χ1v) is 16.4. The van der Waals surface area contributed by atoms with E-state index in [0.717, 1.165) is 24.0 Å². The highest BCUT2D eigenvalue weighted by Crippen LogP contribution is 2.35. The van der Waals surface area contributed by atoms with Crippen molar-refractivity contribution in [2.75, 3.05) is 6.54 Å². The Kier molecular flexibility index (Phi) is 10.5. The molecule has 1 unspecified atom stereocenters. The average molecular weight is 651 g/mol. The lowest BCUT2D eigenvalue weighted by molar-refractivity contribution is -0.144. The molecule has 5 N–H and O–H groups in total. The standard InChI is InChI=1S/C35H50N6O6/c1-8-21-15-16-41(25(21)30(44)37-24(17-20-13-14-20)26(42)29(36)43)32(46)28(35(5,6)7)39-33(47)38-27(34(2,3)4)31(45)40-18-22-11-9-10-12-23(22)19-40/h8-12,20-21,24-25,27-28H,1,13-19H2,2-7H3,(H2,36,43)(H,37,44)(H2,38,39,47)/t21-,24?,25-,27+,28+/m0/s1. The summed E-state index contributed by atoms with van der Waals surface area (Å²) in [5.74, 6) is -3.47. The second-order valence-electron chi connectivity index (χ2n) is 15.3. The van der Waals surface area contributed by atoms with Gasteiger partial charge in [0.05, 0.1) is 6.04 Å².